The van der Waals surface area contributed by atoms with E-state index in [-0.39, 0.29) is 11.3 Å². The molecule has 156 valence electrons. The van der Waals surface area contributed by atoms with Crippen molar-refractivity contribution in [2.45, 2.75) is 26.2 Å². The van der Waals surface area contributed by atoms with Crippen LogP contribution in [0.3, 0.4) is 0 Å². The fourth-order valence-electron chi connectivity index (χ4n) is 3.61. The number of nitrogens with zero attached hydrogens (tertiary/aromatic N) is 4. The molecule has 1 aliphatic heterocycles. The van der Waals surface area contributed by atoms with Gasteiger partial charge in [0, 0.05) is 31.7 Å². The first kappa shape index (κ1) is 20.3. The first-order valence-electron chi connectivity index (χ1n) is 10.3. The van der Waals surface area contributed by atoms with Gasteiger partial charge in [0.2, 0.25) is 5.82 Å². The third-order valence-electron chi connectivity index (χ3n) is 5.61. The van der Waals surface area contributed by atoms with E-state index in [9.17, 15) is 4.79 Å². The number of hydrogen-bond acceptors (Lipinski definition) is 5. The fraction of sp³-hybridized carbons (Fsp3) is 0.375. The SMILES string of the molecule is CN1CCN(C(=O)c2ccccc2-c2nc(-c3ccc(C(C)(C)C)cc3)no2)CC1. The van der Waals surface area contributed by atoms with Crippen LogP contribution in [0, 0.1) is 0 Å². The lowest BCUT2D eigenvalue weighted by atomic mass is 9.87. The van der Waals surface area contributed by atoms with Gasteiger partial charge in [-0.05, 0) is 30.2 Å². The zero-order valence-electron chi connectivity index (χ0n) is 18.1. The smallest absolute Gasteiger partial charge is 0.259 e. The molecule has 0 saturated carbocycles. The molecule has 0 unspecified atom stereocenters. The summed E-state index contributed by atoms with van der Waals surface area (Å²) in [5.41, 5.74) is 3.49. The summed E-state index contributed by atoms with van der Waals surface area (Å²) in [6.45, 7) is 9.75. The first-order valence-corrected chi connectivity index (χ1v) is 10.3. The second-order valence-corrected chi connectivity index (χ2v) is 8.89. The Labute approximate surface area is 177 Å². The van der Waals surface area contributed by atoms with Crippen LogP contribution in [-0.4, -0.2) is 59.1 Å². The predicted octanol–water partition coefficient (Wildman–Crippen LogP) is 4.09. The van der Waals surface area contributed by atoms with Gasteiger partial charge in [-0.25, -0.2) is 0 Å². The van der Waals surface area contributed by atoms with E-state index in [0.29, 0.717) is 22.8 Å². The zero-order chi connectivity index (χ0) is 21.3. The molecule has 30 heavy (non-hydrogen) atoms. The van der Waals surface area contributed by atoms with Crippen molar-refractivity contribution in [3.63, 3.8) is 0 Å². The molecule has 1 saturated heterocycles. The van der Waals surface area contributed by atoms with Gasteiger partial charge >= 0.3 is 0 Å². The summed E-state index contributed by atoms with van der Waals surface area (Å²) in [5, 5.41) is 4.16. The Morgan fingerprint density at radius 2 is 1.63 bits per heavy atom. The Bertz CT molecular complexity index is 1030. The van der Waals surface area contributed by atoms with E-state index in [4.69, 9.17) is 4.52 Å². The second kappa shape index (κ2) is 8.03. The lowest BCUT2D eigenvalue weighted by Gasteiger charge is -2.32. The summed E-state index contributed by atoms with van der Waals surface area (Å²) in [6.07, 6.45) is 0. The van der Waals surface area contributed by atoms with Crippen molar-refractivity contribution in [3.8, 4) is 22.8 Å². The van der Waals surface area contributed by atoms with Crippen LogP contribution in [-0.2, 0) is 5.41 Å². The minimum Gasteiger partial charge on any atom is -0.336 e. The Morgan fingerprint density at radius 1 is 0.967 bits per heavy atom. The molecule has 1 amide bonds. The summed E-state index contributed by atoms with van der Waals surface area (Å²) in [6, 6.07) is 15.7. The number of piperazine rings is 1. The number of hydrogen-bond donors (Lipinski definition) is 0. The number of carbonyl (C=O) groups is 1. The minimum atomic E-state index is 0.00739. The van der Waals surface area contributed by atoms with Crippen LogP contribution in [0.15, 0.2) is 53.1 Å². The highest BCUT2D eigenvalue weighted by molar-refractivity contribution is 6.00. The Morgan fingerprint density at radius 3 is 2.30 bits per heavy atom. The molecule has 1 fully saturated rings. The Hall–Kier alpha value is -2.99. The zero-order valence-corrected chi connectivity index (χ0v) is 18.1. The third kappa shape index (κ3) is 4.14. The molecule has 1 aromatic heterocycles. The number of aromatic nitrogens is 2. The van der Waals surface area contributed by atoms with Gasteiger partial charge in [-0.15, -0.1) is 0 Å². The molecule has 2 heterocycles. The summed E-state index contributed by atoms with van der Waals surface area (Å²) >= 11 is 0. The van der Waals surface area contributed by atoms with Gasteiger partial charge in [-0.2, -0.15) is 4.98 Å². The summed E-state index contributed by atoms with van der Waals surface area (Å²) in [7, 11) is 2.07. The van der Waals surface area contributed by atoms with Gasteiger partial charge in [0.15, 0.2) is 0 Å². The molecule has 0 bridgehead atoms. The molecular formula is C24H28N4O2. The van der Waals surface area contributed by atoms with E-state index >= 15 is 0 Å². The van der Waals surface area contributed by atoms with Crippen molar-refractivity contribution in [1.82, 2.24) is 19.9 Å². The number of likely N-dealkylation sites (N-methyl/N-ethyl adjacent to an activating group) is 1. The molecule has 0 radical (unpaired) electrons. The number of amides is 1. The van der Waals surface area contributed by atoms with Gasteiger partial charge in [-0.1, -0.05) is 62.3 Å². The van der Waals surface area contributed by atoms with E-state index in [0.717, 1.165) is 31.7 Å². The summed E-state index contributed by atoms with van der Waals surface area (Å²) < 4.78 is 5.56. The van der Waals surface area contributed by atoms with Gasteiger partial charge in [0.1, 0.15) is 0 Å². The normalized spacial score (nSPS) is 15.4. The fourth-order valence-corrected chi connectivity index (χ4v) is 3.61. The van der Waals surface area contributed by atoms with E-state index < -0.39 is 0 Å². The highest BCUT2D eigenvalue weighted by Gasteiger charge is 2.24. The van der Waals surface area contributed by atoms with Crippen LogP contribution in [0.25, 0.3) is 22.8 Å². The van der Waals surface area contributed by atoms with Gasteiger partial charge < -0.3 is 14.3 Å². The molecule has 0 N–H and O–H groups in total. The van der Waals surface area contributed by atoms with Crippen molar-refractivity contribution in [3.05, 3.63) is 59.7 Å². The maximum Gasteiger partial charge on any atom is 0.259 e. The standard InChI is InChI=1S/C24H28N4O2/c1-24(2,3)18-11-9-17(10-12-18)21-25-22(30-26-21)19-7-5-6-8-20(19)23(29)28-15-13-27(4)14-16-28/h5-12H,13-16H2,1-4H3. The largest absolute Gasteiger partial charge is 0.336 e. The number of carbonyl (C=O) groups excluding carboxylic acids is 1. The van der Waals surface area contributed by atoms with E-state index in [1.807, 2.05) is 41.3 Å². The lowest BCUT2D eigenvalue weighted by Crippen LogP contribution is -2.47. The van der Waals surface area contributed by atoms with Crippen LogP contribution >= 0.6 is 0 Å². The third-order valence-corrected chi connectivity index (χ3v) is 5.61. The Balaban J connectivity index is 1.60. The molecule has 0 spiro atoms. The highest BCUT2D eigenvalue weighted by atomic mass is 16.5. The quantitative estimate of drug-likeness (QED) is 0.658. The van der Waals surface area contributed by atoms with Gasteiger partial charge in [0.05, 0.1) is 11.1 Å². The van der Waals surface area contributed by atoms with Crippen LogP contribution in [0.5, 0.6) is 0 Å². The van der Waals surface area contributed by atoms with Gasteiger partial charge in [-0.3, -0.25) is 4.79 Å². The molecular weight excluding hydrogens is 376 g/mol. The molecule has 4 rings (SSSR count). The van der Waals surface area contributed by atoms with E-state index in [1.54, 1.807) is 0 Å². The van der Waals surface area contributed by atoms with Crippen LogP contribution < -0.4 is 0 Å². The summed E-state index contributed by atoms with van der Waals surface area (Å²) in [4.78, 5) is 21.8. The molecule has 3 aromatic rings. The lowest BCUT2D eigenvalue weighted by molar-refractivity contribution is 0.0664. The molecule has 6 heteroatoms. The van der Waals surface area contributed by atoms with Crippen molar-refractivity contribution in [1.29, 1.82) is 0 Å². The average Bonchev–Trinajstić information content (AvgIpc) is 3.23. The number of rotatable bonds is 3. The van der Waals surface area contributed by atoms with E-state index in [1.165, 1.54) is 5.56 Å². The molecule has 6 nitrogen and oxygen atoms in total. The van der Waals surface area contributed by atoms with Crippen molar-refractivity contribution in [2.75, 3.05) is 33.2 Å². The predicted molar refractivity (Wildman–Crippen MR) is 117 cm³/mol. The molecule has 0 atom stereocenters. The molecule has 0 aliphatic carbocycles. The minimum absolute atomic E-state index is 0.00739. The van der Waals surface area contributed by atoms with Crippen molar-refractivity contribution >= 4 is 5.91 Å². The Kier molecular flexibility index (Phi) is 5.43. The van der Waals surface area contributed by atoms with Gasteiger partial charge in [0.25, 0.3) is 11.8 Å². The maximum atomic E-state index is 13.1. The topological polar surface area (TPSA) is 62.5 Å². The molecule has 1 aliphatic rings. The summed E-state index contributed by atoms with van der Waals surface area (Å²) in [5.74, 6) is 0.892. The van der Waals surface area contributed by atoms with E-state index in [2.05, 4.69) is 55.0 Å². The average molecular weight is 405 g/mol. The molecule has 2 aromatic carbocycles. The monoisotopic (exact) mass is 404 g/mol. The highest BCUT2D eigenvalue weighted by Crippen LogP contribution is 2.28. The van der Waals surface area contributed by atoms with Crippen LogP contribution in [0.4, 0.5) is 0 Å². The maximum absolute atomic E-state index is 13.1. The van der Waals surface area contributed by atoms with Crippen molar-refractivity contribution in [2.24, 2.45) is 0 Å². The van der Waals surface area contributed by atoms with Crippen LogP contribution in [0.1, 0.15) is 36.7 Å². The van der Waals surface area contributed by atoms with Crippen molar-refractivity contribution < 1.29 is 9.32 Å². The number of benzene rings is 2. The first-order chi connectivity index (χ1) is 14.3. The van der Waals surface area contributed by atoms with Crippen LogP contribution in [0.2, 0.25) is 0 Å². The second-order valence-electron chi connectivity index (χ2n) is 8.89.